The molecule has 3 unspecified atom stereocenters. The summed E-state index contributed by atoms with van der Waals surface area (Å²) >= 11 is 0. The number of rotatable bonds is 3. The Morgan fingerprint density at radius 1 is 1.47 bits per heavy atom. The van der Waals surface area contributed by atoms with Crippen LogP contribution in [0.25, 0.3) is 0 Å². The molecule has 0 aromatic carbocycles. The molecule has 0 radical (unpaired) electrons. The molecular weight excluding hydrogens is 246 g/mol. The Labute approximate surface area is 111 Å². The molecule has 2 heterocycles. The van der Waals surface area contributed by atoms with E-state index >= 15 is 0 Å². The average molecular weight is 265 g/mol. The molecule has 1 aliphatic heterocycles. The van der Waals surface area contributed by atoms with Gasteiger partial charge in [0.15, 0.2) is 0 Å². The van der Waals surface area contributed by atoms with Gasteiger partial charge in [0.2, 0.25) is 5.76 Å². The first-order valence-corrected chi connectivity index (χ1v) is 6.77. The van der Waals surface area contributed by atoms with Crippen molar-refractivity contribution < 1.29 is 19.4 Å². The quantitative estimate of drug-likeness (QED) is 0.866. The molecule has 5 nitrogen and oxygen atoms in total. The number of likely N-dealkylation sites (tertiary alicyclic amines) is 1. The van der Waals surface area contributed by atoms with Crippen LogP contribution in [0.3, 0.4) is 0 Å². The van der Waals surface area contributed by atoms with Crippen LogP contribution in [-0.2, 0) is 6.54 Å². The number of hydrogen-bond acceptors (Lipinski definition) is 4. The van der Waals surface area contributed by atoms with E-state index < -0.39 is 5.97 Å². The number of furan rings is 1. The molecule has 5 heteroatoms. The number of aliphatic hydroxyl groups excluding tert-OH is 1. The third-order valence-electron chi connectivity index (χ3n) is 4.52. The molecular formula is C14H19NO4. The Kier molecular flexibility index (Phi) is 3.11. The van der Waals surface area contributed by atoms with Crippen molar-refractivity contribution in [2.75, 3.05) is 13.1 Å². The van der Waals surface area contributed by atoms with Gasteiger partial charge >= 0.3 is 5.97 Å². The van der Waals surface area contributed by atoms with Crippen LogP contribution in [0.15, 0.2) is 10.5 Å². The minimum absolute atomic E-state index is 0.00641. The first-order valence-electron chi connectivity index (χ1n) is 6.77. The predicted molar refractivity (Wildman–Crippen MR) is 67.9 cm³/mol. The maximum Gasteiger partial charge on any atom is 0.371 e. The lowest BCUT2D eigenvalue weighted by molar-refractivity contribution is 0.0661. The standard InChI is InChI=1S/C14H19NO4/c1-8-10(4-13(19-8)14(17)18)6-15-5-9-2-3-12(16)11(9)7-15/h4,9,11-12,16H,2-3,5-7H2,1H3,(H,17,18). The van der Waals surface area contributed by atoms with E-state index in [0.717, 1.165) is 31.5 Å². The van der Waals surface area contributed by atoms with Crippen LogP contribution in [-0.4, -0.2) is 40.3 Å². The SMILES string of the molecule is Cc1oc(C(=O)O)cc1CN1CC2CCC(O)C2C1. The summed E-state index contributed by atoms with van der Waals surface area (Å²) in [6.07, 6.45) is 1.87. The van der Waals surface area contributed by atoms with Crippen molar-refractivity contribution in [1.29, 1.82) is 0 Å². The Morgan fingerprint density at radius 2 is 2.26 bits per heavy atom. The summed E-state index contributed by atoms with van der Waals surface area (Å²) < 4.78 is 5.23. The molecule has 104 valence electrons. The Bertz CT molecular complexity index is 496. The van der Waals surface area contributed by atoms with Crippen molar-refractivity contribution in [1.82, 2.24) is 4.90 Å². The van der Waals surface area contributed by atoms with E-state index in [0.29, 0.717) is 24.1 Å². The normalized spacial score (nSPS) is 30.7. The van der Waals surface area contributed by atoms with E-state index in [1.807, 2.05) is 0 Å². The summed E-state index contributed by atoms with van der Waals surface area (Å²) in [7, 11) is 0. The molecule has 1 aromatic rings. The van der Waals surface area contributed by atoms with Gasteiger partial charge in [-0.25, -0.2) is 4.79 Å². The number of carboxylic acids is 1. The molecule has 0 bridgehead atoms. The molecule has 2 N–H and O–H groups in total. The molecule has 3 atom stereocenters. The second-order valence-electron chi connectivity index (χ2n) is 5.76. The molecule has 0 amide bonds. The number of carboxylic acid groups (broad SMARTS) is 1. The lowest BCUT2D eigenvalue weighted by Gasteiger charge is -2.17. The first-order chi connectivity index (χ1) is 9.04. The Balaban J connectivity index is 1.68. The maximum atomic E-state index is 10.9. The van der Waals surface area contributed by atoms with E-state index in [2.05, 4.69) is 4.90 Å². The highest BCUT2D eigenvalue weighted by Crippen LogP contribution is 2.38. The van der Waals surface area contributed by atoms with Gasteiger partial charge in [-0.2, -0.15) is 0 Å². The Hall–Kier alpha value is -1.33. The molecule has 2 aliphatic rings. The zero-order valence-corrected chi connectivity index (χ0v) is 11.0. The van der Waals surface area contributed by atoms with Gasteiger partial charge in [-0.3, -0.25) is 4.90 Å². The minimum Gasteiger partial charge on any atom is -0.475 e. The topological polar surface area (TPSA) is 73.9 Å². The third kappa shape index (κ3) is 2.28. The number of aliphatic hydroxyl groups is 1. The zero-order chi connectivity index (χ0) is 13.6. The Morgan fingerprint density at radius 3 is 2.89 bits per heavy atom. The summed E-state index contributed by atoms with van der Waals surface area (Å²) in [5.41, 5.74) is 0.937. The highest BCUT2D eigenvalue weighted by atomic mass is 16.4. The van der Waals surface area contributed by atoms with Crippen molar-refractivity contribution in [3.63, 3.8) is 0 Å². The monoisotopic (exact) mass is 265 g/mol. The summed E-state index contributed by atoms with van der Waals surface area (Å²) in [6.45, 7) is 4.41. The largest absolute Gasteiger partial charge is 0.475 e. The number of aromatic carboxylic acids is 1. The van der Waals surface area contributed by atoms with Crippen molar-refractivity contribution in [3.8, 4) is 0 Å². The number of carbonyl (C=O) groups is 1. The number of aryl methyl sites for hydroxylation is 1. The summed E-state index contributed by atoms with van der Waals surface area (Å²) in [5.74, 6) is 0.650. The van der Waals surface area contributed by atoms with E-state index in [-0.39, 0.29) is 11.9 Å². The van der Waals surface area contributed by atoms with Crippen molar-refractivity contribution >= 4 is 5.97 Å². The van der Waals surface area contributed by atoms with Crippen LogP contribution in [0, 0.1) is 18.8 Å². The van der Waals surface area contributed by atoms with Gasteiger partial charge < -0.3 is 14.6 Å². The molecule has 3 rings (SSSR count). The van der Waals surface area contributed by atoms with Crippen LogP contribution in [0.2, 0.25) is 0 Å². The van der Waals surface area contributed by atoms with Gasteiger partial charge in [0, 0.05) is 31.1 Å². The highest BCUT2D eigenvalue weighted by molar-refractivity contribution is 5.84. The summed E-state index contributed by atoms with van der Waals surface area (Å²) in [5, 5.41) is 18.8. The van der Waals surface area contributed by atoms with E-state index in [1.54, 1.807) is 13.0 Å². The zero-order valence-electron chi connectivity index (χ0n) is 11.0. The van der Waals surface area contributed by atoms with E-state index in [1.165, 1.54) is 0 Å². The first kappa shape index (κ1) is 12.7. The van der Waals surface area contributed by atoms with Crippen LogP contribution < -0.4 is 0 Å². The molecule has 19 heavy (non-hydrogen) atoms. The fourth-order valence-corrected chi connectivity index (χ4v) is 3.48. The molecule has 1 saturated carbocycles. The smallest absolute Gasteiger partial charge is 0.371 e. The van der Waals surface area contributed by atoms with Crippen molar-refractivity contribution in [3.05, 3.63) is 23.2 Å². The fourth-order valence-electron chi connectivity index (χ4n) is 3.48. The minimum atomic E-state index is -1.02. The van der Waals surface area contributed by atoms with Crippen LogP contribution in [0.4, 0.5) is 0 Å². The van der Waals surface area contributed by atoms with Gasteiger partial charge in [-0.05, 0) is 31.7 Å². The third-order valence-corrected chi connectivity index (χ3v) is 4.52. The fraction of sp³-hybridized carbons (Fsp3) is 0.643. The van der Waals surface area contributed by atoms with Crippen LogP contribution >= 0.6 is 0 Å². The van der Waals surface area contributed by atoms with Gasteiger partial charge in [-0.15, -0.1) is 0 Å². The van der Waals surface area contributed by atoms with Gasteiger partial charge in [0.05, 0.1) is 6.10 Å². The molecule has 1 aromatic heterocycles. The highest BCUT2D eigenvalue weighted by Gasteiger charge is 2.41. The van der Waals surface area contributed by atoms with Crippen molar-refractivity contribution in [2.45, 2.75) is 32.4 Å². The number of fused-ring (bicyclic) bond motifs is 1. The maximum absolute atomic E-state index is 10.9. The van der Waals surface area contributed by atoms with E-state index in [4.69, 9.17) is 9.52 Å². The number of hydrogen-bond donors (Lipinski definition) is 2. The lowest BCUT2D eigenvalue weighted by Crippen LogP contribution is -2.24. The second kappa shape index (κ2) is 4.65. The van der Waals surface area contributed by atoms with Gasteiger partial charge in [0.1, 0.15) is 5.76 Å². The van der Waals surface area contributed by atoms with Gasteiger partial charge in [-0.1, -0.05) is 0 Å². The second-order valence-corrected chi connectivity index (χ2v) is 5.76. The van der Waals surface area contributed by atoms with Crippen molar-refractivity contribution in [2.24, 2.45) is 11.8 Å². The predicted octanol–water partition coefficient (Wildman–Crippen LogP) is 1.49. The van der Waals surface area contributed by atoms with Crippen LogP contribution in [0.5, 0.6) is 0 Å². The molecule has 1 saturated heterocycles. The van der Waals surface area contributed by atoms with Crippen LogP contribution in [0.1, 0.15) is 34.7 Å². The molecule has 1 aliphatic carbocycles. The molecule has 2 fully saturated rings. The van der Waals surface area contributed by atoms with Gasteiger partial charge in [0.25, 0.3) is 0 Å². The number of nitrogens with zero attached hydrogens (tertiary/aromatic N) is 1. The molecule has 0 spiro atoms. The lowest BCUT2D eigenvalue weighted by atomic mass is 10.00. The summed E-state index contributed by atoms with van der Waals surface area (Å²) in [6, 6.07) is 1.61. The average Bonchev–Trinajstić information content (AvgIpc) is 2.99. The summed E-state index contributed by atoms with van der Waals surface area (Å²) in [4.78, 5) is 13.2. The van der Waals surface area contributed by atoms with E-state index in [9.17, 15) is 9.90 Å².